The number of thiophene rings is 1. The predicted molar refractivity (Wildman–Crippen MR) is 91.9 cm³/mol. The van der Waals surface area contributed by atoms with E-state index in [4.69, 9.17) is 0 Å². The van der Waals surface area contributed by atoms with E-state index in [0.29, 0.717) is 0 Å². The second-order valence-electron chi connectivity index (χ2n) is 4.37. The van der Waals surface area contributed by atoms with Crippen LogP contribution in [0.15, 0.2) is 69.6 Å². The zero-order valence-electron chi connectivity index (χ0n) is 11.3. The van der Waals surface area contributed by atoms with Crippen LogP contribution in [0.25, 0.3) is 0 Å². The molecule has 106 valence electrons. The van der Waals surface area contributed by atoms with E-state index in [1.54, 1.807) is 11.3 Å². The molecular weight excluding hydrogens is 316 g/mol. The van der Waals surface area contributed by atoms with Crippen molar-refractivity contribution in [3.05, 3.63) is 70.9 Å². The topological polar surface area (TPSA) is 25.8 Å². The van der Waals surface area contributed by atoms with Crippen molar-refractivity contribution >= 4 is 34.9 Å². The molecule has 3 aromatic heterocycles. The van der Waals surface area contributed by atoms with Gasteiger partial charge in [0.15, 0.2) is 0 Å². The first kappa shape index (κ1) is 14.6. The summed E-state index contributed by atoms with van der Waals surface area (Å²) in [6.45, 7) is 0. The Morgan fingerprint density at radius 1 is 0.714 bits per heavy atom. The number of hydrogen-bond donors (Lipinski definition) is 0. The minimum absolute atomic E-state index is 1.01. The number of pyridine rings is 2. The van der Waals surface area contributed by atoms with E-state index in [-0.39, 0.29) is 0 Å². The molecule has 0 bridgehead atoms. The zero-order chi connectivity index (χ0) is 14.3. The van der Waals surface area contributed by atoms with Gasteiger partial charge in [0.1, 0.15) is 0 Å². The molecule has 3 rings (SSSR count). The van der Waals surface area contributed by atoms with Crippen molar-refractivity contribution in [3.8, 4) is 0 Å². The van der Waals surface area contributed by atoms with Gasteiger partial charge in [-0.15, -0.1) is 23.5 Å². The molecule has 5 heteroatoms. The molecule has 0 aliphatic carbocycles. The summed E-state index contributed by atoms with van der Waals surface area (Å²) in [6.07, 6.45) is 7.37. The quantitative estimate of drug-likeness (QED) is 0.586. The highest BCUT2D eigenvalue weighted by molar-refractivity contribution is 7.99. The molecule has 0 aliphatic rings. The van der Waals surface area contributed by atoms with Crippen molar-refractivity contribution in [2.45, 2.75) is 21.3 Å². The highest BCUT2D eigenvalue weighted by Crippen LogP contribution is 2.30. The smallest absolute Gasteiger partial charge is 0.0278 e. The highest BCUT2D eigenvalue weighted by atomic mass is 32.2. The van der Waals surface area contributed by atoms with Crippen LogP contribution in [-0.2, 0) is 11.5 Å². The average Bonchev–Trinajstić information content (AvgIpc) is 3.00. The monoisotopic (exact) mass is 330 g/mol. The van der Waals surface area contributed by atoms with Gasteiger partial charge in [-0.05, 0) is 46.2 Å². The Balaban J connectivity index is 1.59. The van der Waals surface area contributed by atoms with Crippen LogP contribution in [0.2, 0.25) is 0 Å². The van der Waals surface area contributed by atoms with E-state index >= 15 is 0 Å². The molecule has 0 N–H and O–H groups in total. The fourth-order valence-corrected chi connectivity index (χ4v) is 4.68. The van der Waals surface area contributed by atoms with Crippen molar-refractivity contribution in [2.75, 3.05) is 0 Å². The van der Waals surface area contributed by atoms with E-state index in [1.807, 2.05) is 48.3 Å². The maximum absolute atomic E-state index is 4.05. The SMILES string of the molecule is c1cc(SCc2cscc2CSc2ccncc2)ccn1. The number of thioether (sulfide) groups is 2. The van der Waals surface area contributed by atoms with Crippen LogP contribution in [0.1, 0.15) is 11.1 Å². The molecule has 0 aromatic carbocycles. The van der Waals surface area contributed by atoms with E-state index in [2.05, 4.69) is 45.0 Å². The molecule has 0 amide bonds. The summed E-state index contributed by atoms with van der Waals surface area (Å²) in [5.74, 6) is 2.03. The summed E-state index contributed by atoms with van der Waals surface area (Å²) in [5, 5.41) is 4.52. The van der Waals surface area contributed by atoms with Gasteiger partial charge < -0.3 is 0 Å². The van der Waals surface area contributed by atoms with E-state index < -0.39 is 0 Å². The van der Waals surface area contributed by atoms with Crippen LogP contribution in [0.3, 0.4) is 0 Å². The molecule has 3 heterocycles. The van der Waals surface area contributed by atoms with Crippen molar-refractivity contribution in [1.29, 1.82) is 0 Å². The van der Waals surface area contributed by atoms with E-state index in [0.717, 1.165) is 11.5 Å². The van der Waals surface area contributed by atoms with Crippen LogP contribution < -0.4 is 0 Å². The second kappa shape index (κ2) is 7.64. The summed E-state index contributed by atoms with van der Waals surface area (Å²) >= 11 is 5.51. The van der Waals surface area contributed by atoms with Gasteiger partial charge in [-0.3, -0.25) is 9.97 Å². The molecule has 2 nitrogen and oxygen atoms in total. The van der Waals surface area contributed by atoms with Crippen LogP contribution in [0, 0.1) is 0 Å². The predicted octanol–water partition coefficient (Wildman–Crippen LogP) is 5.12. The lowest BCUT2D eigenvalue weighted by molar-refractivity contribution is 1.25. The third kappa shape index (κ3) is 4.33. The van der Waals surface area contributed by atoms with E-state index in [9.17, 15) is 0 Å². The van der Waals surface area contributed by atoms with Gasteiger partial charge in [-0.2, -0.15) is 11.3 Å². The van der Waals surface area contributed by atoms with Crippen molar-refractivity contribution in [2.24, 2.45) is 0 Å². The van der Waals surface area contributed by atoms with E-state index in [1.165, 1.54) is 20.9 Å². The number of rotatable bonds is 6. The summed E-state index contributed by atoms with van der Waals surface area (Å²) in [5.41, 5.74) is 2.87. The third-order valence-electron chi connectivity index (χ3n) is 2.92. The van der Waals surface area contributed by atoms with Crippen molar-refractivity contribution in [1.82, 2.24) is 9.97 Å². The van der Waals surface area contributed by atoms with Crippen LogP contribution >= 0.6 is 34.9 Å². The Kier molecular flexibility index (Phi) is 5.32. The molecule has 0 saturated heterocycles. The Bertz CT molecular complexity index is 610. The van der Waals surface area contributed by atoms with Crippen molar-refractivity contribution < 1.29 is 0 Å². The molecule has 0 atom stereocenters. The first-order valence-electron chi connectivity index (χ1n) is 6.51. The molecule has 0 spiro atoms. The third-order valence-corrected chi connectivity index (χ3v) is 5.88. The number of nitrogens with zero attached hydrogens (tertiary/aromatic N) is 2. The van der Waals surface area contributed by atoms with Crippen molar-refractivity contribution in [3.63, 3.8) is 0 Å². The maximum Gasteiger partial charge on any atom is 0.0278 e. The Morgan fingerprint density at radius 3 is 1.57 bits per heavy atom. The van der Waals surface area contributed by atoms with Crippen LogP contribution in [0.4, 0.5) is 0 Å². The van der Waals surface area contributed by atoms with Gasteiger partial charge >= 0.3 is 0 Å². The average molecular weight is 331 g/mol. The summed E-state index contributed by atoms with van der Waals surface area (Å²) in [4.78, 5) is 10.6. The number of aromatic nitrogens is 2. The van der Waals surface area contributed by atoms with Gasteiger partial charge in [0.25, 0.3) is 0 Å². The lowest BCUT2D eigenvalue weighted by Gasteiger charge is -2.04. The maximum atomic E-state index is 4.05. The Labute approximate surface area is 137 Å². The fraction of sp³-hybridized carbons (Fsp3) is 0.125. The molecule has 3 aromatic rings. The highest BCUT2D eigenvalue weighted by Gasteiger charge is 2.06. The molecule has 0 unspecified atom stereocenters. The van der Waals surface area contributed by atoms with Crippen LogP contribution in [0.5, 0.6) is 0 Å². The van der Waals surface area contributed by atoms with Gasteiger partial charge in [0.05, 0.1) is 0 Å². The molecule has 0 radical (unpaired) electrons. The van der Waals surface area contributed by atoms with Gasteiger partial charge in [0, 0.05) is 46.1 Å². The van der Waals surface area contributed by atoms with Gasteiger partial charge in [0.2, 0.25) is 0 Å². The summed E-state index contributed by atoms with van der Waals surface area (Å²) in [6, 6.07) is 8.23. The zero-order valence-corrected chi connectivity index (χ0v) is 13.8. The van der Waals surface area contributed by atoms with Gasteiger partial charge in [-0.25, -0.2) is 0 Å². The lowest BCUT2D eigenvalue weighted by atomic mass is 10.2. The Hall–Kier alpha value is -1.30. The molecule has 21 heavy (non-hydrogen) atoms. The fourth-order valence-electron chi connectivity index (χ4n) is 1.79. The Morgan fingerprint density at radius 2 is 1.14 bits per heavy atom. The molecule has 0 fully saturated rings. The largest absolute Gasteiger partial charge is 0.265 e. The molecular formula is C16H14N2S3. The molecule has 0 aliphatic heterocycles. The van der Waals surface area contributed by atoms with Crippen LogP contribution in [-0.4, -0.2) is 9.97 Å². The summed E-state index contributed by atoms with van der Waals surface area (Å²) in [7, 11) is 0. The minimum Gasteiger partial charge on any atom is -0.265 e. The molecule has 0 saturated carbocycles. The second-order valence-corrected chi connectivity index (χ2v) is 7.21. The minimum atomic E-state index is 1.01. The summed E-state index contributed by atoms with van der Waals surface area (Å²) < 4.78 is 0. The standard InChI is InChI=1S/C16H14N2S3/c1-5-17-6-2-15(1)20-11-13-9-19-10-14(13)12-21-16-3-7-18-8-4-16/h1-10H,11-12H2. The normalized spacial score (nSPS) is 10.7. The lowest BCUT2D eigenvalue weighted by Crippen LogP contribution is -1.86. The first-order chi connectivity index (χ1) is 10.4. The first-order valence-corrected chi connectivity index (χ1v) is 9.43. The van der Waals surface area contributed by atoms with Gasteiger partial charge in [-0.1, -0.05) is 0 Å². The number of hydrogen-bond acceptors (Lipinski definition) is 5.